The number of rotatable bonds is 2. The number of nitro groups is 1. The van der Waals surface area contributed by atoms with Gasteiger partial charge in [-0.05, 0) is 57.5 Å². The van der Waals surface area contributed by atoms with E-state index in [1.165, 1.54) is 6.20 Å². The average molecular weight is 418 g/mol. The number of imide groups is 1. The third kappa shape index (κ3) is 6.29. The van der Waals surface area contributed by atoms with Gasteiger partial charge in [-0.25, -0.2) is 14.6 Å². The minimum absolute atomic E-state index is 0.316. The van der Waals surface area contributed by atoms with Crippen LogP contribution in [0.25, 0.3) is 0 Å². The van der Waals surface area contributed by atoms with E-state index in [4.69, 9.17) is 9.47 Å². The molecule has 0 aliphatic heterocycles. The molecule has 0 fully saturated rings. The van der Waals surface area contributed by atoms with Gasteiger partial charge in [0.05, 0.1) is 4.92 Å². The lowest BCUT2D eigenvalue weighted by atomic mass is 10.2. The molecule has 10 heteroatoms. The Balaban J connectivity index is 3.44. The molecule has 0 aliphatic rings. The van der Waals surface area contributed by atoms with Crippen molar-refractivity contribution in [2.75, 3.05) is 4.90 Å². The molecule has 25 heavy (non-hydrogen) atoms. The molecule has 1 aromatic rings. The predicted molar refractivity (Wildman–Crippen MR) is 93.5 cm³/mol. The number of ether oxygens (including phenoxy) is 2. The van der Waals surface area contributed by atoms with E-state index in [2.05, 4.69) is 20.9 Å². The van der Waals surface area contributed by atoms with E-state index in [1.54, 1.807) is 41.5 Å². The Hall–Kier alpha value is -2.23. The third-order valence-corrected chi connectivity index (χ3v) is 2.81. The number of pyridine rings is 1. The molecule has 0 aromatic carbocycles. The monoisotopic (exact) mass is 417 g/mol. The molecule has 0 unspecified atom stereocenters. The quantitative estimate of drug-likeness (QED) is 0.516. The third-order valence-electron chi connectivity index (χ3n) is 2.37. The zero-order valence-corrected chi connectivity index (χ0v) is 16.4. The second-order valence-corrected chi connectivity index (χ2v) is 7.97. The molecule has 0 atom stereocenters. The summed E-state index contributed by atoms with van der Waals surface area (Å²) >= 11 is 3.07. The second kappa shape index (κ2) is 7.34. The van der Waals surface area contributed by atoms with E-state index in [0.29, 0.717) is 9.37 Å². The Morgan fingerprint density at radius 3 is 1.92 bits per heavy atom. The summed E-state index contributed by atoms with van der Waals surface area (Å²) in [5.41, 5.74) is -2.41. The average Bonchev–Trinajstić information content (AvgIpc) is 2.36. The first-order valence-corrected chi connectivity index (χ1v) is 8.06. The number of hydrogen-bond donors (Lipinski definition) is 0. The van der Waals surface area contributed by atoms with Crippen LogP contribution < -0.4 is 4.90 Å². The molecule has 0 N–H and O–H groups in total. The molecule has 0 spiro atoms. The van der Waals surface area contributed by atoms with Gasteiger partial charge < -0.3 is 9.47 Å². The van der Waals surface area contributed by atoms with Crippen LogP contribution in [0, 0.1) is 10.1 Å². The van der Waals surface area contributed by atoms with Gasteiger partial charge >= 0.3 is 17.9 Å². The van der Waals surface area contributed by atoms with Gasteiger partial charge in [0.1, 0.15) is 11.2 Å². The molecule has 0 radical (unpaired) electrons. The topological polar surface area (TPSA) is 112 Å². The van der Waals surface area contributed by atoms with Crippen molar-refractivity contribution in [1.29, 1.82) is 0 Å². The predicted octanol–water partition coefficient (Wildman–Crippen LogP) is 4.43. The van der Waals surface area contributed by atoms with Gasteiger partial charge in [-0.3, -0.25) is 10.1 Å². The lowest BCUT2D eigenvalue weighted by Crippen LogP contribution is -2.44. The van der Waals surface area contributed by atoms with Crippen LogP contribution in [0.4, 0.5) is 21.1 Å². The van der Waals surface area contributed by atoms with Crippen molar-refractivity contribution < 1.29 is 24.0 Å². The smallest absolute Gasteiger partial charge is 0.426 e. The molecule has 1 aromatic heterocycles. The maximum Gasteiger partial charge on any atom is 0.426 e. The number of carbonyl (C=O) groups excluding carboxylic acids is 2. The zero-order chi connectivity index (χ0) is 19.6. The standard InChI is InChI=1S/C15H20BrN3O6/c1-14(2,3)24-12(20)18(13(21)25-15(4,5)6)11-10(19(22)23)7-9(16)8-17-11/h7-8H,1-6H3. The number of anilines is 1. The maximum atomic E-state index is 12.5. The zero-order valence-electron chi connectivity index (χ0n) is 14.8. The van der Waals surface area contributed by atoms with E-state index >= 15 is 0 Å². The highest BCUT2D eigenvalue weighted by atomic mass is 79.9. The van der Waals surface area contributed by atoms with Crippen molar-refractivity contribution in [2.45, 2.75) is 52.7 Å². The van der Waals surface area contributed by atoms with Crippen LogP contribution in [0.3, 0.4) is 0 Å². The highest BCUT2D eigenvalue weighted by molar-refractivity contribution is 9.10. The minimum Gasteiger partial charge on any atom is -0.443 e. The molecule has 0 saturated heterocycles. The summed E-state index contributed by atoms with van der Waals surface area (Å²) in [5, 5.41) is 11.3. The van der Waals surface area contributed by atoms with Gasteiger partial charge in [0, 0.05) is 16.7 Å². The molecule has 0 bridgehead atoms. The van der Waals surface area contributed by atoms with Gasteiger partial charge in [0.2, 0.25) is 5.82 Å². The van der Waals surface area contributed by atoms with Crippen LogP contribution in [0.2, 0.25) is 0 Å². The molecule has 9 nitrogen and oxygen atoms in total. The normalized spacial score (nSPS) is 11.6. The first-order chi connectivity index (χ1) is 11.2. The van der Waals surface area contributed by atoms with Crippen molar-refractivity contribution in [3.63, 3.8) is 0 Å². The van der Waals surface area contributed by atoms with E-state index < -0.39 is 39.8 Å². The minimum atomic E-state index is -1.13. The molecule has 2 amide bonds. The van der Waals surface area contributed by atoms with Crippen molar-refractivity contribution in [3.05, 3.63) is 26.9 Å². The van der Waals surface area contributed by atoms with Crippen LogP contribution in [0.15, 0.2) is 16.7 Å². The Bertz CT molecular complexity index is 665. The van der Waals surface area contributed by atoms with Crippen molar-refractivity contribution in [2.24, 2.45) is 0 Å². The second-order valence-electron chi connectivity index (χ2n) is 7.05. The lowest BCUT2D eigenvalue weighted by molar-refractivity contribution is -0.384. The SMILES string of the molecule is CC(C)(C)OC(=O)N(C(=O)OC(C)(C)C)c1ncc(Br)cc1[N+](=O)[O-]. The molecule has 138 valence electrons. The number of aromatic nitrogens is 1. The van der Waals surface area contributed by atoms with Crippen LogP contribution >= 0.6 is 15.9 Å². The summed E-state index contributed by atoms with van der Waals surface area (Å²) in [4.78, 5) is 39.8. The molecule has 0 saturated carbocycles. The lowest BCUT2D eigenvalue weighted by Gasteiger charge is -2.27. The number of halogens is 1. The van der Waals surface area contributed by atoms with E-state index in [-0.39, 0.29) is 0 Å². The van der Waals surface area contributed by atoms with Crippen LogP contribution in [0.1, 0.15) is 41.5 Å². The first-order valence-electron chi connectivity index (χ1n) is 7.27. The highest BCUT2D eigenvalue weighted by Crippen LogP contribution is 2.31. The van der Waals surface area contributed by atoms with Gasteiger partial charge in [-0.2, -0.15) is 4.90 Å². The van der Waals surface area contributed by atoms with E-state index in [0.717, 1.165) is 6.07 Å². The summed E-state index contributed by atoms with van der Waals surface area (Å²) in [6, 6.07) is 1.13. The van der Waals surface area contributed by atoms with Gasteiger partial charge in [-0.1, -0.05) is 0 Å². The van der Waals surface area contributed by atoms with Gasteiger partial charge in [0.15, 0.2) is 0 Å². The summed E-state index contributed by atoms with van der Waals surface area (Å²) in [5.74, 6) is -0.489. The largest absolute Gasteiger partial charge is 0.443 e. The van der Waals surface area contributed by atoms with Crippen LogP contribution in [0.5, 0.6) is 0 Å². The Morgan fingerprint density at radius 2 is 1.56 bits per heavy atom. The van der Waals surface area contributed by atoms with Gasteiger partial charge in [-0.15, -0.1) is 0 Å². The molecule has 1 heterocycles. The van der Waals surface area contributed by atoms with Crippen molar-refractivity contribution >= 4 is 39.6 Å². The first kappa shape index (κ1) is 20.8. The van der Waals surface area contributed by atoms with Gasteiger partial charge in [0.25, 0.3) is 0 Å². The van der Waals surface area contributed by atoms with E-state index in [9.17, 15) is 19.7 Å². The maximum absolute atomic E-state index is 12.5. The molecular formula is C15H20BrN3O6. The number of hydrogen-bond acceptors (Lipinski definition) is 7. The fourth-order valence-corrected chi connectivity index (χ4v) is 1.91. The Morgan fingerprint density at radius 1 is 1.12 bits per heavy atom. The Labute approximate surface area is 153 Å². The number of nitrogens with zero attached hydrogens (tertiary/aromatic N) is 3. The van der Waals surface area contributed by atoms with E-state index in [1.807, 2.05) is 0 Å². The Kier molecular flexibility index (Phi) is 6.11. The summed E-state index contributed by atoms with van der Waals surface area (Å²) in [6.07, 6.45) is -1.02. The number of amides is 2. The fourth-order valence-electron chi connectivity index (χ4n) is 1.59. The summed E-state index contributed by atoms with van der Waals surface area (Å²) < 4.78 is 10.6. The molecule has 0 aliphatic carbocycles. The summed E-state index contributed by atoms with van der Waals surface area (Å²) in [6.45, 7) is 9.59. The molecular weight excluding hydrogens is 398 g/mol. The van der Waals surface area contributed by atoms with Crippen LogP contribution in [-0.2, 0) is 9.47 Å². The summed E-state index contributed by atoms with van der Waals surface area (Å²) in [7, 11) is 0. The highest BCUT2D eigenvalue weighted by Gasteiger charge is 2.37. The molecule has 1 rings (SSSR count). The van der Waals surface area contributed by atoms with Crippen molar-refractivity contribution in [1.82, 2.24) is 4.98 Å². The number of carbonyl (C=O) groups is 2. The van der Waals surface area contributed by atoms with Crippen molar-refractivity contribution in [3.8, 4) is 0 Å². The van der Waals surface area contributed by atoms with Crippen LogP contribution in [-0.4, -0.2) is 33.3 Å². The fraction of sp³-hybridized carbons (Fsp3) is 0.533.